The van der Waals surface area contributed by atoms with Gasteiger partial charge in [0.05, 0.1) is 25.4 Å². The van der Waals surface area contributed by atoms with Gasteiger partial charge in [0, 0.05) is 6.42 Å². The van der Waals surface area contributed by atoms with Gasteiger partial charge in [-0.2, -0.15) is 0 Å². The highest BCUT2D eigenvalue weighted by Crippen LogP contribution is 2.22. The molecule has 360 valence electrons. The van der Waals surface area contributed by atoms with E-state index in [4.69, 9.17) is 9.47 Å². The topological polar surface area (TPSA) is 149 Å². The van der Waals surface area contributed by atoms with Crippen LogP contribution in [0.4, 0.5) is 0 Å². The number of nitrogens with one attached hydrogen (secondary N) is 1. The molecule has 9 nitrogen and oxygen atoms in total. The van der Waals surface area contributed by atoms with Gasteiger partial charge in [-0.3, -0.25) is 4.79 Å². The summed E-state index contributed by atoms with van der Waals surface area (Å²) in [7, 11) is 0. The molecule has 7 atom stereocenters. The molecule has 63 heavy (non-hydrogen) atoms. The Bertz CT molecular complexity index is 1300. The molecule has 1 fully saturated rings. The van der Waals surface area contributed by atoms with Crippen molar-refractivity contribution in [2.24, 2.45) is 0 Å². The molecule has 0 radical (unpaired) electrons. The van der Waals surface area contributed by atoms with Crippen LogP contribution in [0.5, 0.6) is 0 Å². The van der Waals surface area contributed by atoms with Crippen LogP contribution in [0.2, 0.25) is 0 Å². The predicted molar refractivity (Wildman–Crippen MR) is 262 cm³/mol. The average Bonchev–Trinajstić information content (AvgIpc) is 3.28. The molecule has 1 rings (SSSR count). The molecule has 9 heteroatoms. The van der Waals surface area contributed by atoms with Gasteiger partial charge in [0.15, 0.2) is 6.29 Å². The first kappa shape index (κ1) is 58.1. The van der Waals surface area contributed by atoms with E-state index in [1.165, 1.54) is 83.5 Å². The van der Waals surface area contributed by atoms with Gasteiger partial charge in [0.2, 0.25) is 5.91 Å². The number of carbonyl (C=O) groups excluding carboxylic acids is 1. The molecule has 0 aromatic carbocycles. The third-order valence-corrected chi connectivity index (χ3v) is 11.1. The van der Waals surface area contributed by atoms with Gasteiger partial charge in [-0.05, 0) is 83.5 Å². The van der Waals surface area contributed by atoms with Gasteiger partial charge in [0.1, 0.15) is 24.4 Å². The van der Waals surface area contributed by atoms with Crippen LogP contribution in [-0.4, -0.2) is 87.5 Å². The number of amides is 1. The Hall–Kier alpha value is -2.89. The van der Waals surface area contributed by atoms with E-state index in [1.807, 2.05) is 6.08 Å². The number of aliphatic hydroxyl groups is 5. The number of hydrogen-bond donors (Lipinski definition) is 6. The molecule has 0 aliphatic carbocycles. The Labute approximate surface area is 383 Å². The molecule has 0 saturated carbocycles. The lowest BCUT2D eigenvalue weighted by atomic mass is 9.99. The van der Waals surface area contributed by atoms with Crippen molar-refractivity contribution in [1.29, 1.82) is 0 Å². The van der Waals surface area contributed by atoms with Crippen LogP contribution in [0.25, 0.3) is 0 Å². The number of unbranched alkanes of at least 4 members (excludes halogenated alkanes) is 16. The van der Waals surface area contributed by atoms with Crippen LogP contribution in [-0.2, 0) is 14.3 Å². The number of ether oxygens (including phenoxy) is 2. The van der Waals surface area contributed by atoms with E-state index < -0.39 is 49.5 Å². The first-order valence-electron chi connectivity index (χ1n) is 25.0. The van der Waals surface area contributed by atoms with Gasteiger partial charge in [-0.25, -0.2) is 0 Å². The molecule has 1 heterocycles. The molecule has 7 unspecified atom stereocenters. The van der Waals surface area contributed by atoms with Crippen molar-refractivity contribution in [3.63, 3.8) is 0 Å². The molecule has 0 aromatic heterocycles. The standard InChI is InChI=1S/C54H91NO8/c1-3-5-7-9-11-13-15-17-19-21-22-23-24-25-26-28-29-31-33-35-37-39-41-43-48(57)47(46-62-54-53(61)52(60)51(59)49(45-56)63-54)55-50(58)44-42-40-38-36-34-32-30-27-20-18-16-14-12-10-8-6-4-2/h6,8,12,14,18,20,26,28,30,32-33,35-36,38,41,43,47-49,51-54,56-57,59-61H,3-5,7,9-11,13,15-17,19,21-25,27,29,31,34,37,39-40,42,44-46H2,1-2H3,(H,55,58)/b8-6-,14-12-,20-18-,28-26+,32-30-,35-33+,38-36-,43-41+. The maximum atomic E-state index is 13.0. The van der Waals surface area contributed by atoms with Gasteiger partial charge in [0.25, 0.3) is 0 Å². The second-order valence-electron chi connectivity index (χ2n) is 16.9. The summed E-state index contributed by atoms with van der Waals surface area (Å²) in [6.45, 7) is 3.59. The van der Waals surface area contributed by atoms with Crippen LogP contribution in [0.15, 0.2) is 97.2 Å². The molecule has 1 aliphatic rings. The van der Waals surface area contributed by atoms with Crippen molar-refractivity contribution >= 4 is 5.91 Å². The Morgan fingerprint density at radius 3 is 1.52 bits per heavy atom. The third-order valence-electron chi connectivity index (χ3n) is 11.1. The summed E-state index contributed by atoms with van der Waals surface area (Å²) in [5, 5.41) is 54.2. The summed E-state index contributed by atoms with van der Waals surface area (Å²) in [6.07, 6.45) is 54.7. The molecular weight excluding hydrogens is 791 g/mol. The van der Waals surface area contributed by atoms with Crippen molar-refractivity contribution in [3.05, 3.63) is 97.2 Å². The Morgan fingerprint density at radius 1 is 0.556 bits per heavy atom. The highest BCUT2D eigenvalue weighted by atomic mass is 16.7. The molecular formula is C54H91NO8. The van der Waals surface area contributed by atoms with Crippen molar-refractivity contribution < 1.29 is 39.8 Å². The van der Waals surface area contributed by atoms with E-state index in [0.29, 0.717) is 12.8 Å². The van der Waals surface area contributed by atoms with Gasteiger partial charge in [-0.15, -0.1) is 0 Å². The molecule has 0 bridgehead atoms. The Balaban J connectivity index is 2.40. The normalized spacial score (nSPS) is 21.0. The molecule has 1 amide bonds. The number of carbonyl (C=O) groups is 1. The Morgan fingerprint density at radius 2 is 1.00 bits per heavy atom. The molecule has 0 aromatic rings. The quantitative estimate of drug-likeness (QED) is 0.0263. The van der Waals surface area contributed by atoms with E-state index in [2.05, 4.69) is 104 Å². The highest BCUT2D eigenvalue weighted by molar-refractivity contribution is 5.76. The maximum Gasteiger partial charge on any atom is 0.220 e. The second kappa shape index (κ2) is 43.0. The highest BCUT2D eigenvalue weighted by Gasteiger charge is 2.44. The van der Waals surface area contributed by atoms with E-state index in [9.17, 15) is 30.3 Å². The van der Waals surface area contributed by atoms with Crippen molar-refractivity contribution in [2.75, 3.05) is 13.2 Å². The van der Waals surface area contributed by atoms with Crippen molar-refractivity contribution in [2.45, 2.75) is 224 Å². The molecule has 1 saturated heterocycles. The van der Waals surface area contributed by atoms with E-state index >= 15 is 0 Å². The number of hydrogen-bond acceptors (Lipinski definition) is 8. The maximum absolute atomic E-state index is 13.0. The number of allylic oxidation sites excluding steroid dienone is 15. The predicted octanol–water partition coefficient (Wildman–Crippen LogP) is 11.3. The smallest absolute Gasteiger partial charge is 0.220 e. The van der Waals surface area contributed by atoms with Gasteiger partial charge in [-0.1, -0.05) is 188 Å². The summed E-state index contributed by atoms with van der Waals surface area (Å²) in [5.74, 6) is -0.251. The lowest BCUT2D eigenvalue weighted by Gasteiger charge is -2.40. The summed E-state index contributed by atoms with van der Waals surface area (Å²) in [6, 6.07) is -0.864. The summed E-state index contributed by atoms with van der Waals surface area (Å²) >= 11 is 0. The largest absolute Gasteiger partial charge is 0.394 e. The van der Waals surface area contributed by atoms with Crippen LogP contribution in [0.3, 0.4) is 0 Å². The number of rotatable bonds is 40. The van der Waals surface area contributed by atoms with Crippen LogP contribution in [0.1, 0.15) is 181 Å². The van der Waals surface area contributed by atoms with Crippen LogP contribution >= 0.6 is 0 Å². The molecule has 0 spiro atoms. The molecule has 1 aliphatic heterocycles. The van der Waals surface area contributed by atoms with Gasteiger partial charge < -0.3 is 40.3 Å². The second-order valence-corrected chi connectivity index (χ2v) is 16.9. The third kappa shape index (κ3) is 33.3. The zero-order valence-corrected chi connectivity index (χ0v) is 39.5. The monoisotopic (exact) mass is 882 g/mol. The first-order valence-corrected chi connectivity index (χ1v) is 25.0. The minimum Gasteiger partial charge on any atom is -0.394 e. The van der Waals surface area contributed by atoms with Crippen LogP contribution in [0, 0.1) is 0 Å². The summed E-state index contributed by atoms with van der Waals surface area (Å²) < 4.78 is 11.2. The fourth-order valence-corrected chi connectivity index (χ4v) is 7.16. The minimum absolute atomic E-state index is 0.235. The van der Waals surface area contributed by atoms with Crippen LogP contribution < -0.4 is 5.32 Å². The van der Waals surface area contributed by atoms with Crippen molar-refractivity contribution in [3.8, 4) is 0 Å². The summed E-state index contributed by atoms with van der Waals surface area (Å²) in [5.41, 5.74) is 0. The SMILES string of the molecule is CC/C=C\C/C=C\C/C=C\C/C=C\C/C=C\CCCC(=O)NC(COC1OC(CO)C(O)C(O)C1O)C(O)/C=C/CC/C=C/CC/C=C/CCCCCCCCCCCCCCC. The fourth-order valence-electron chi connectivity index (χ4n) is 7.16. The van der Waals surface area contributed by atoms with Crippen molar-refractivity contribution in [1.82, 2.24) is 5.32 Å². The minimum atomic E-state index is -1.59. The van der Waals surface area contributed by atoms with E-state index in [-0.39, 0.29) is 18.9 Å². The number of aliphatic hydroxyl groups excluding tert-OH is 5. The first-order chi connectivity index (χ1) is 30.8. The lowest BCUT2D eigenvalue weighted by Crippen LogP contribution is -2.60. The zero-order valence-electron chi connectivity index (χ0n) is 39.5. The van der Waals surface area contributed by atoms with E-state index in [1.54, 1.807) is 6.08 Å². The molecule has 6 N–H and O–H groups in total. The summed E-state index contributed by atoms with van der Waals surface area (Å²) in [4.78, 5) is 13.0. The van der Waals surface area contributed by atoms with Gasteiger partial charge >= 0.3 is 0 Å². The average molecular weight is 882 g/mol. The van der Waals surface area contributed by atoms with E-state index in [0.717, 1.165) is 64.2 Å². The Kier molecular flexibility index (Phi) is 39.7. The fraction of sp³-hybridized carbons (Fsp3) is 0.685. The zero-order chi connectivity index (χ0) is 45.9. The lowest BCUT2D eigenvalue weighted by molar-refractivity contribution is -0.302.